The van der Waals surface area contributed by atoms with Gasteiger partial charge in [-0.1, -0.05) is 35.4 Å². The number of pyridine rings is 1. The minimum Gasteiger partial charge on any atom is -0.307 e. The molecule has 2 aliphatic rings. The van der Waals surface area contributed by atoms with Gasteiger partial charge in [0.2, 0.25) is 0 Å². The average molecular weight is 532 g/mol. The second-order valence-corrected chi connectivity index (χ2v) is 9.98. The van der Waals surface area contributed by atoms with Crippen LogP contribution < -0.4 is 4.90 Å². The Morgan fingerprint density at radius 1 is 0.972 bits per heavy atom. The standard InChI is InChI=1S/C27H22Cl2F3N3O/c28-24-12-18(13-25(29)33-24)26(36)35-16-27(21-14-19(30)5-6-23(21)35)7-10-34(11-8-27)9-1-2-17-3-4-20(31)15-22(17)32/h1-6,12-15H,7-11,16H2/b2-1+. The van der Waals surface area contributed by atoms with E-state index in [4.69, 9.17) is 23.2 Å². The number of nitrogens with zero attached hydrogens (tertiary/aromatic N) is 3. The molecule has 0 aliphatic carbocycles. The van der Waals surface area contributed by atoms with Crippen LogP contribution in [-0.2, 0) is 5.41 Å². The summed E-state index contributed by atoms with van der Waals surface area (Å²) in [6, 6.07) is 11.0. The van der Waals surface area contributed by atoms with Crippen LogP contribution in [-0.4, -0.2) is 42.0 Å². The van der Waals surface area contributed by atoms with Gasteiger partial charge in [0, 0.05) is 41.4 Å². The third kappa shape index (κ3) is 4.88. The molecule has 0 N–H and O–H groups in total. The van der Waals surface area contributed by atoms with Gasteiger partial charge in [0.15, 0.2) is 0 Å². The Balaban J connectivity index is 1.32. The molecule has 1 aromatic heterocycles. The minimum atomic E-state index is -0.609. The summed E-state index contributed by atoms with van der Waals surface area (Å²) in [5.41, 5.74) is 1.78. The molecule has 1 amide bonds. The Morgan fingerprint density at radius 2 is 1.64 bits per heavy atom. The predicted octanol–water partition coefficient (Wildman–Crippen LogP) is 6.51. The van der Waals surface area contributed by atoms with Crippen molar-refractivity contribution in [2.75, 3.05) is 31.1 Å². The van der Waals surface area contributed by atoms with Gasteiger partial charge < -0.3 is 4.90 Å². The van der Waals surface area contributed by atoms with Crippen molar-refractivity contribution in [2.24, 2.45) is 0 Å². The van der Waals surface area contributed by atoms with Gasteiger partial charge in [0.25, 0.3) is 5.91 Å². The Hall–Kier alpha value is -2.87. The Labute approximate surface area is 216 Å². The summed E-state index contributed by atoms with van der Waals surface area (Å²) in [6.07, 6.45) is 4.95. The Kier molecular flexibility index (Phi) is 6.81. The molecule has 4 nitrogen and oxygen atoms in total. The highest BCUT2D eigenvalue weighted by Gasteiger charge is 2.46. The number of halogens is 5. The van der Waals surface area contributed by atoms with E-state index < -0.39 is 11.6 Å². The molecule has 0 radical (unpaired) electrons. The first-order valence-electron chi connectivity index (χ1n) is 11.5. The second-order valence-electron chi connectivity index (χ2n) is 9.20. The van der Waals surface area contributed by atoms with Crippen molar-refractivity contribution in [3.05, 3.63) is 99.1 Å². The van der Waals surface area contributed by atoms with E-state index in [9.17, 15) is 18.0 Å². The topological polar surface area (TPSA) is 36.4 Å². The number of hydrogen-bond acceptors (Lipinski definition) is 3. The van der Waals surface area contributed by atoms with Crippen LogP contribution in [0.1, 0.15) is 34.3 Å². The molecule has 2 aliphatic heterocycles. The number of rotatable bonds is 4. The van der Waals surface area contributed by atoms with E-state index in [0.29, 0.717) is 29.9 Å². The first kappa shape index (κ1) is 24.8. The summed E-state index contributed by atoms with van der Waals surface area (Å²) in [6.45, 7) is 2.47. The highest BCUT2D eigenvalue weighted by Crippen LogP contribution is 2.47. The van der Waals surface area contributed by atoms with Gasteiger partial charge in [0.05, 0.1) is 0 Å². The fourth-order valence-corrected chi connectivity index (χ4v) is 5.58. The van der Waals surface area contributed by atoms with Crippen LogP contribution in [0.25, 0.3) is 6.08 Å². The van der Waals surface area contributed by atoms with Crippen LogP contribution in [0.15, 0.2) is 54.6 Å². The summed E-state index contributed by atoms with van der Waals surface area (Å²) in [5.74, 6) is -1.82. The molecule has 9 heteroatoms. The van der Waals surface area contributed by atoms with Crippen molar-refractivity contribution in [2.45, 2.75) is 18.3 Å². The summed E-state index contributed by atoms with van der Waals surface area (Å²) >= 11 is 12.0. The van der Waals surface area contributed by atoms with Crippen molar-refractivity contribution >= 4 is 40.9 Å². The molecular weight excluding hydrogens is 510 g/mol. The van der Waals surface area contributed by atoms with E-state index >= 15 is 0 Å². The van der Waals surface area contributed by atoms with Crippen LogP contribution in [0.4, 0.5) is 18.9 Å². The number of piperidine rings is 1. The number of fused-ring (bicyclic) bond motifs is 2. The summed E-state index contributed by atoms with van der Waals surface area (Å²) in [4.78, 5) is 21.2. The number of carbonyl (C=O) groups excluding carboxylic acids is 1. The first-order valence-corrected chi connectivity index (χ1v) is 12.3. The number of hydrogen-bond donors (Lipinski definition) is 0. The molecule has 0 unspecified atom stereocenters. The van der Waals surface area contributed by atoms with Gasteiger partial charge in [-0.05, 0) is 74.0 Å². The number of amides is 1. The van der Waals surface area contributed by atoms with Gasteiger partial charge in [-0.15, -0.1) is 0 Å². The fraction of sp³-hybridized carbons (Fsp3) is 0.259. The molecule has 186 valence electrons. The zero-order valence-electron chi connectivity index (χ0n) is 19.2. The van der Waals surface area contributed by atoms with Crippen molar-refractivity contribution in [3.8, 4) is 0 Å². The molecule has 1 fully saturated rings. The van der Waals surface area contributed by atoms with Gasteiger partial charge in [-0.25, -0.2) is 18.2 Å². The molecule has 36 heavy (non-hydrogen) atoms. The maximum atomic E-state index is 14.3. The lowest BCUT2D eigenvalue weighted by atomic mass is 9.74. The second kappa shape index (κ2) is 9.88. The molecule has 3 heterocycles. The zero-order chi connectivity index (χ0) is 25.4. The molecule has 5 rings (SSSR count). The lowest BCUT2D eigenvalue weighted by Crippen LogP contribution is -2.46. The summed E-state index contributed by atoms with van der Waals surface area (Å²) < 4.78 is 41.3. The minimum absolute atomic E-state index is 0.126. The lowest BCUT2D eigenvalue weighted by Gasteiger charge is -2.39. The molecular formula is C27H22Cl2F3N3O. The third-order valence-electron chi connectivity index (χ3n) is 6.97. The molecule has 1 saturated heterocycles. The normalized spacial score (nSPS) is 17.2. The molecule has 3 aromatic rings. The molecule has 0 saturated carbocycles. The fourth-order valence-electron chi connectivity index (χ4n) is 5.12. The maximum absolute atomic E-state index is 14.3. The smallest absolute Gasteiger partial charge is 0.258 e. The van der Waals surface area contributed by atoms with Gasteiger partial charge in [-0.2, -0.15) is 0 Å². The predicted molar refractivity (Wildman–Crippen MR) is 135 cm³/mol. The van der Waals surface area contributed by atoms with Crippen LogP contribution in [0.3, 0.4) is 0 Å². The first-order chi connectivity index (χ1) is 17.2. The van der Waals surface area contributed by atoms with Gasteiger partial charge >= 0.3 is 0 Å². The lowest BCUT2D eigenvalue weighted by molar-refractivity contribution is 0.0977. The number of benzene rings is 2. The number of likely N-dealkylation sites (tertiary alicyclic amines) is 1. The highest BCUT2D eigenvalue weighted by molar-refractivity contribution is 6.33. The van der Waals surface area contributed by atoms with Crippen molar-refractivity contribution < 1.29 is 18.0 Å². The SMILES string of the molecule is O=C(c1cc(Cl)nc(Cl)c1)N1CC2(CCN(C/C=C/c3ccc(F)cc3F)CC2)c2cc(F)ccc21. The largest absolute Gasteiger partial charge is 0.307 e. The average Bonchev–Trinajstić information content (AvgIpc) is 3.14. The highest BCUT2D eigenvalue weighted by atomic mass is 35.5. The molecule has 0 atom stereocenters. The van der Waals surface area contributed by atoms with Crippen LogP contribution >= 0.6 is 23.2 Å². The number of carbonyl (C=O) groups is 1. The quantitative estimate of drug-likeness (QED) is 0.360. The molecule has 2 aromatic carbocycles. The molecule has 0 bridgehead atoms. The molecule has 1 spiro atoms. The van der Waals surface area contributed by atoms with Crippen molar-refractivity contribution in [1.29, 1.82) is 0 Å². The maximum Gasteiger partial charge on any atom is 0.258 e. The number of aromatic nitrogens is 1. The van der Waals surface area contributed by atoms with Crippen molar-refractivity contribution in [3.63, 3.8) is 0 Å². The van der Waals surface area contributed by atoms with Crippen molar-refractivity contribution in [1.82, 2.24) is 9.88 Å². The van der Waals surface area contributed by atoms with E-state index in [2.05, 4.69) is 9.88 Å². The van der Waals surface area contributed by atoms with Gasteiger partial charge in [-0.3, -0.25) is 9.69 Å². The zero-order valence-corrected chi connectivity index (χ0v) is 20.7. The monoisotopic (exact) mass is 531 g/mol. The Bertz CT molecular complexity index is 1340. The summed E-state index contributed by atoms with van der Waals surface area (Å²) in [7, 11) is 0. The van der Waals surface area contributed by atoms with Crippen LogP contribution in [0.5, 0.6) is 0 Å². The van der Waals surface area contributed by atoms with Crippen LogP contribution in [0.2, 0.25) is 10.3 Å². The van der Waals surface area contributed by atoms with E-state index in [1.165, 1.54) is 36.4 Å². The third-order valence-corrected chi connectivity index (χ3v) is 7.36. The summed E-state index contributed by atoms with van der Waals surface area (Å²) in [5, 5.41) is 0.252. The van der Waals surface area contributed by atoms with E-state index in [1.54, 1.807) is 17.0 Å². The van der Waals surface area contributed by atoms with E-state index in [1.807, 2.05) is 6.08 Å². The Morgan fingerprint density at radius 3 is 2.33 bits per heavy atom. The van der Waals surface area contributed by atoms with E-state index in [0.717, 1.165) is 37.6 Å². The van der Waals surface area contributed by atoms with Gasteiger partial charge in [0.1, 0.15) is 27.8 Å². The van der Waals surface area contributed by atoms with Crippen LogP contribution in [0, 0.1) is 17.5 Å². The number of anilines is 1. The van der Waals surface area contributed by atoms with E-state index in [-0.39, 0.29) is 27.4 Å².